The fourth-order valence-electron chi connectivity index (χ4n) is 3.26. The van der Waals surface area contributed by atoms with Crippen LogP contribution in [0.15, 0.2) is 0 Å². The van der Waals surface area contributed by atoms with Crippen LogP contribution in [0.5, 0.6) is 0 Å². The van der Waals surface area contributed by atoms with Crippen molar-refractivity contribution in [1.29, 1.82) is 0 Å². The van der Waals surface area contributed by atoms with Gasteiger partial charge in [-0.2, -0.15) is 0 Å². The molecule has 0 bridgehead atoms. The molecule has 2 aliphatic rings. The fraction of sp³-hybridized carbons (Fsp3) is 1.00. The number of hydrogen-bond acceptors (Lipinski definition) is 3. The summed E-state index contributed by atoms with van der Waals surface area (Å²) in [6, 6.07) is 0.227. The molecule has 3 unspecified atom stereocenters. The van der Waals surface area contributed by atoms with E-state index in [2.05, 4.69) is 0 Å². The summed E-state index contributed by atoms with van der Waals surface area (Å²) in [5, 5.41) is -0.131. The molecule has 2 saturated carbocycles. The van der Waals surface area contributed by atoms with Crippen LogP contribution in [0.4, 0.5) is 0 Å². The maximum atomic E-state index is 11.6. The summed E-state index contributed by atoms with van der Waals surface area (Å²) in [4.78, 5) is 0. The van der Waals surface area contributed by atoms with Gasteiger partial charge in [0.2, 0.25) is 0 Å². The molecule has 0 aromatic carbocycles. The van der Waals surface area contributed by atoms with E-state index in [1.807, 2.05) is 0 Å². The molecule has 0 aliphatic heterocycles. The molecule has 2 aliphatic carbocycles. The van der Waals surface area contributed by atoms with Gasteiger partial charge < -0.3 is 5.73 Å². The number of rotatable bonds is 4. The summed E-state index contributed by atoms with van der Waals surface area (Å²) in [6.45, 7) is 0. The Morgan fingerprint density at radius 2 is 1.82 bits per heavy atom. The molecule has 100 valence electrons. The van der Waals surface area contributed by atoms with Crippen LogP contribution in [0.3, 0.4) is 0 Å². The van der Waals surface area contributed by atoms with E-state index in [0.717, 1.165) is 38.0 Å². The molecule has 4 heteroatoms. The first-order valence-corrected chi connectivity index (χ1v) is 8.86. The van der Waals surface area contributed by atoms with Gasteiger partial charge in [0.1, 0.15) is 9.84 Å². The summed E-state index contributed by atoms with van der Waals surface area (Å²) < 4.78 is 23.2. The second-order valence-electron chi connectivity index (χ2n) is 6.07. The maximum Gasteiger partial charge on any atom is 0.150 e. The van der Waals surface area contributed by atoms with Crippen molar-refractivity contribution in [3.05, 3.63) is 0 Å². The van der Waals surface area contributed by atoms with Gasteiger partial charge in [-0.25, -0.2) is 8.42 Å². The molecule has 2 rings (SSSR count). The Hall–Kier alpha value is -0.0900. The summed E-state index contributed by atoms with van der Waals surface area (Å²) in [6.07, 6.45) is 10.3. The average Bonchev–Trinajstić information content (AvgIpc) is 2.22. The first-order valence-electron chi connectivity index (χ1n) is 6.91. The molecule has 2 N–H and O–H groups in total. The highest BCUT2D eigenvalue weighted by atomic mass is 32.2. The largest absolute Gasteiger partial charge is 0.327 e. The van der Waals surface area contributed by atoms with Crippen LogP contribution in [0.25, 0.3) is 0 Å². The Balaban J connectivity index is 1.87. The van der Waals surface area contributed by atoms with Crippen molar-refractivity contribution in [3.8, 4) is 0 Å². The minimum absolute atomic E-state index is 0.131. The van der Waals surface area contributed by atoms with Crippen LogP contribution in [-0.4, -0.2) is 26.0 Å². The minimum atomic E-state index is -2.87. The van der Waals surface area contributed by atoms with Crippen LogP contribution in [-0.2, 0) is 9.84 Å². The van der Waals surface area contributed by atoms with Gasteiger partial charge in [0.25, 0.3) is 0 Å². The van der Waals surface area contributed by atoms with Crippen molar-refractivity contribution >= 4 is 9.84 Å². The highest BCUT2D eigenvalue weighted by molar-refractivity contribution is 7.91. The lowest BCUT2D eigenvalue weighted by Gasteiger charge is -2.35. The van der Waals surface area contributed by atoms with E-state index in [0.29, 0.717) is 5.92 Å². The molecule has 0 aromatic heterocycles. The average molecular weight is 259 g/mol. The molecule has 0 heterocycles. The molecule has 0 amide bonds. The van der Waals surface area contributed by atoms with Gasteiger partial charge in [-0.1, -0.05) is 25.7 Å². The van der Waals surface area contributed by atoms with Crippen LogP contribution < -0.4 is 5.73 Å². The molecule has 0 radical (unpaired) electrons. The zero-order chi connectivity index (χ0) is 12.5. The van der Waals surface area contributed by atoms with E-state index in [1.54, 1.807) is 0 Å². The van der Waals surface area contributed by atoms with Gasteiger partial charge in [-0.05, 0) is 37.5 Å². The van der Waals surface area contributed by atoms with E-state index in [-0.39, 0.29) is 11.3 Å². The summed E-state index contributed by atoms with van der Waals surface area (Å²) >= 11 is 0. The van der Waals surface area contributed by atoms with Crippen molar-refractivity contribution in [2.45, 2.75) is 62.7 Å². The van der Waals surface area contributed by atoms with Crippen molar-refractivity contribution in [2.24, 2.45) is 17.6 Å². The third-order valence-electron chi connectivity index (χ3n) is 4.71. The van der Waals surface area contributed by atoms with Crippen molar-refractivity contribution in [3.63, 3.8) is 0 Å². The summed E-state index contributed by atoms with van der Waals surface area (Å²) in [7, 11) is -2.87. The molecule has 3 atom stereocenters. The third kappa shape index (κ3) is 3.44. The third-order valence-corrected chi connectivity index (χ3v) is 6.35. The standard InChI is InChI=1S/C13H25NO2S/c1-17(15,16)12-7-3-6-11(9-12)13(14)8-10-4-2-5-10/h10-13H,2-9,14H2,1H3. The Kier molecular flexibility index (Phi) is 4.14. The van der Waals surface area contributed by atoms with Crippen molar-refractivity contribution in [1.82, 2.24) is 0 Å². The first kappa shape index (κ1) is 13.3. The van der Waals surface area contributed by atoms with Gasteiger partial charge in [-0.15, -0.1) is 0 Å². The maximum absolute atomic E-state index is 11.6. The highest BCUT2D eigenvalue weighted by Gasteiger charge is 2.33. The lowest BCUT2D eigenvalue weighted by atomic mass is 9.75. The van der Waals surface area contributed by atoms with E-state index in [1.165, 1.54) is 25.5 Å². The lowest BCUT2D eigenvalue weighted by molar-refractivity contribution is 0.219. The topological polar surface area (TPSA) is 60.2 Å². The number of sulfone groups is 1. The van der Waals surface area contributed by atoms with Crippen LogP contribution in [0.2, 0.25) is 0 Å². The second kappa shape index (κ2) is 5.27. The van der Waals surface area contributed by atoms with Crippen LogP contribution >= 0.6 is 0 Å². The molecule has 3 nitrogen and oxygen atoms in total. The number of hydrogen-bond donors (Lipinski definition) is 1. The van der Waals surface area contributed by atoms with Gasteiger partial charge in [-0.3, -0.25) is 0 Å². The highest BCUT2D eigenvalue weighted by Crippen LogP contribution is 2.36. The summed E-state index contributed by atoms with van der Waals surface area (Å²) in [5.74, 6) is 1.26. The van der Waals surface area contributed by atoms with Gasteiger partial charge in [0.15, 0.2) is 0 Å². The van der Waals surface area contributed by atoms with Crippen molar-refractivity contribution < 1.29 is 8.42 Å². The quantitative estimate of drug-likeness (QED) is 0.841. The molecule has 17 heavy (non-hydrogen) atoms. The predicted molar refractivity (Wildman–Crippen MR) is 70.5 cm³/mol. The zero-order valence-corrected chi connectivity index (χ0v) is 11.6. The Bertz CT molecular complexity index is 348. The van der Waals surface area contributed by atoms with E-state index in [9.17, 15) is 8.42 Å². The van der Waals surface area contributed by atoms with Gasteiger partial charge in [0, 0.05) is 12.3 Å². The normalized spacial score (nSPS) is 33.1. The Morgan fingerprint density at radius 3 is 2.35 bits per heavy atom. The SMILES string of the molecule is CS(=O)(=O)C1CCCC(C(N)CC2CCC2)C1. The minimum Gasteiger partial charge on any atom is -0.327 e. The smallest absolute Gasteiger partial charge is 0.150 e. The first-order chi connectivity index (χ1) is 7.97. The number of nitrogens with two attached hydrogens (primary N) is 1. The molecule has 0 spiro atoms. The molecule has 0 aromatic rings. The second-order valence-corrected chi connectivity index (χ2v) is 8.40. The van der Waals surface area contributed by atoms with Crippen LogP contribution in [0.1, 0.15) is 51.4 Å². The van der Waals surface area contributed by atoms with Crippen molar-refractivity contribution in [2.75, 3.05) is 6.26 Å². The summed E-state index contributed by atoms with van der Waals surface area (Å²) in [5.41, 5.74) is 6.27. The molecular weight excluding hydrogens is 234 g/mol. The lowest BCUT2D eigenvalue weighted by Crippen LogP contribution is -2.39. The zero-order valence-electron chi connectivity index (χ0n) is 10.8. The van der Waals surface area contributed by atoms with E-state index >= 15 is 0 Å². The van der Waals surface area contributed by atoms with E-state index in [4.69, 9.17) is 5.73 Å². The molecular formula is C13H25NO2S. The molecule has 2 fully saturated rings. The fourth-order valence-corrected chi connectivity index (χ4v) is 4.46. The Labute approximate surface area is 105 Å². The molecule has 0 saturated heterocycles. The van der Waals surface area contributed by atoms with E-state index < -0.39 is 9.84 Å². The van der Waals surface area contributed by atoms with Gasteiger partial charge >= 0.3 is 0 Å². The Morgan fingerprint density at radius 1 is 1.18 bits per heavy atom. The predicted octanol–water partition coefficient (Wildman–Crippen LogP) is 2.11. The monoisotopic (exact) mass is 259 g/mol. The van der Waals surface area contributed by atoms with Crippen LogP contribution in [0, 0.1) is 11.8 Å². The van der Waals surface area contributed by atoms with Gasteiger partial charge in [0.05, 0.1) is 5.25 Å².